The molecule has 30 heavy (non-hydrogen) atoms. The predicted octanol–water partition coefficient (Wildman–Crippen LogP) is 4.08. The molecule has 1 aliphatic rings. The molecule has 0 saturated carbocycles. The lowest BCUT2D eigenvalue weighted by Crippen LogP contribution is -2.54. The van der Waals surface area contributed by atoms with Gasteiger partial charge in [0, 0.05) is 44.0 Å². The number of amides is 2. The van der Waals surface area contributed by atoms with E-state index in [2.05, 4.69) is 36.3 Å². The van der Waals surface area contributed by atoms with Gasteiger partial charge in [0.25, 0.3) is 0 Å². The molecule has 5 nitrogen and oxygen atoms in total. The van der Waals surface area contributed by atoms with Crippen LogP contribution in [0.5, 0.6) is 0 Å². The van der Waals surface area contributed by atoms with Gasteiger partial charge in [0.05, 0.1) is 5.41 Å². The summed E-state index contributed by atoms with van der Waals surface area (Å²) in [6.45, 7) is 5.33. The van der Waals surface area contributed by atoms with Gasteiger partial charge in [-0.15, -0.1) is 0 Å². The molecule has 0 radical (unpaired) electrons. The Balaban J connectivity index is 1.94. The Morgan fingerprint density at radius 3 is 2.60 bits per heavy atom. The first-order valence-corrected chi connectivity index (χ1v) is 11.0. The Bertz CT molecular complexity index is 864. The monoisotopic (exact) mass is 407 g/mol. The van der Waals surface area contributed by atoms with Crippen molar-refractivity contribution >= 4 is 11.8 Å². The van der Waals surface area contributed by atoms with Gasteiger partial charge in [-0.05, 0) is 49.3 Å². The van der Waals surface area contributed by atoms with E-state index < -0.39 is 5.41 Å². The number of carbonyl (C=O) groups is 2. The molecule has 1 atom stereocenters. The Labute approximate surface area is 179 Å². The highest BCUT2D eigenvalue weighted by atomic mass is 16.2. The second kappa shape index (κ2) is 9.88. The highest BCUT2D eigenvalue weighted by molar-refractivity contribution is 5.85. The van der Waals surface area contributed by atoms with Crippen molar-refractivity contribution < 1.29 is 9.59 Å². The van der Waals surface area contributed by atoms with E-state index in [4.69, 9.17) is 0 Å². The number of nitrogens with zero attached hydrogens (tertiary/aromatic N) is 2. The average molecular weight is 408 g/mol. The first-order chi connectivity index (χ1) is 14.5. The summed E-state index contributed by atoms with van der Waals surface area (Å²) in [7, 11) is 1.69. The summed E-state index contributed by atoms with van der Waals surface area (Å²) in [6.07, 6.45) is 7.51. The van der Waals surface area contributed by atoms with Crippen LogP contribution in [0.15, 0.2) is 48.8 Å². The molecule has 5 heteroatoms. The molecule has 1 aromatic heterocycles. The van der Waals surface area contributed by atoms with Gasteiger partial charge < -0.3 is 10.2 Å². The zero-order chi connectivity index (χ0) is 21.6. The third-order valence-electron chi connectivity index (χ3n) is 6.45. The van der Waals surface area contributed by atoms with Gasteiger partial charge in [0.1, 0.15) is 0 Å². The maximum atomic E-state index is 13.2. The van der Waals surface area contributed by atoms with Gasteiger partial charge >= 0.3 is 0 Å². The van der Waals surface area contributed by atoms with Crippen LogP contribution in [0.4, 0.5) is 0 Å². The van der Waals surface area contributed by atoms with Gasteiger partial charge in [0.2, 0.25) is 11.8 Å². The van der Waals surface area contributed by atoms with Crippen molar-refractivity contribution in [1.29, 1.82) is 0 Å². The van der Waals surface area contributed by atoms with Crippen molar-refractivity contribution in [1.82, 2.24) is 15.2 Å². The summed E-state index contributed by atoms with van der Waals surface area (Å²) >= 11 is 0. The lowest BCUT2D eigenvalue weighted by atomic mass is 9.73. The molecule has 0 unspecified atom stereocenters. The first kappa shape index (κ1) is 22.0. The third kappa shape index (κ3) is 4.55. The SMILES string of the molecule is CCC(CC)C(=O)N1CCC[C@](Cc2ccccc2-c2cccnc2)(C(=O)NC)C1. The van der Waals surface area contributed by atoms with Crippen molar-refractivity contribution in [2.45, 2.75) is 46.0 Å². The van der Waals surface area contributed by atoms with Crippen molar-refractivity contribution in [2.75, 3.05) is 20.1 Å². The van der Waals surface area contributed by atoms with Crippen molar-refractivity contribution in [3.8, 4) is 11.1 Å². The maximum absolute atomic E-state index is 13.2. The third-order valence-corrected chi connectivity index (χ3v) is 6.45. The van der Waals surface area contributed by atoms with Crippen molar-refractivity contribution in [3.63, 3.8) is 0 Å². The maximum Gasteiger partial charge on any atom is 0.228 e. The molecule has 1 fully saturated rings. The highest BCUT2D eigenvalue weighted by Crippen LogP contribution is 2.37. The molecule has 1 aliphatic heterocycles. The minimum Gasteiger partial charge on any atom is -0.359 e. The highest BCUT2D eigenvalue weighted by Gasteiger charge is 2.44. The van der Waals surface area contributed by atoms with Gasteiger partial charge in [-0.2, -0.15) is 0 Å². The first-order valence-electron chi connectivity index (χ1n) is 11.0. The molecule has 1 saturated heterocycles. The number of carbonyl (C=O) groups excluding carboxylic acids is 2. The zero-order valence-corrected chi connectivity index (χ0v) is 18.4. The minimum atomic E-state index is -0.618. The number of rotatable bonds is 7. The van der Waals surface area contributed by atoms with E-state index >= 15 is 0 Å². The topological polar surface area (TPSA) is 62.3 Å². The standard InChI is InChI=1S/C25H33N3O2/c1-4-19(5-2)23(29)28-15-9-13-25(18-28,24(30)26-3)16-20-10-6-7-12-22(20)21-11-8-14-27-17-21/h6-8,10-12,14,17,19H,4-5,9,13,15-16,18H2,1-3H3,(H,26,30)/t25-/m1/s1. The predicted molar refractivity (Wildman–Crippen MR) is 120 cm³/mol. The van der Waals surface area contributed by atoms with E-state index in [0.717, 1.165) is 48.9 Å². The number of likely N-dealkylation sites (tertiary alicyclic amines) is 1. The van der Waals surface area contributed by atoms with Crippen LogP contribution < -0.4 is 5.32 Å². The van der Waals surface area contributed by atoms with Crippen LogP contribution in [0, 0.1) is 11.3 Å². The number of hydrogen-bond acceptors (Lipinski definition) is 3. The molecule has 3 rings (SSSR count). The van der Waals surface area contributed by atoms with Gasteiger partial charge in [-0.25, -0.2) is 0 Å². The Kier molecular flexibility index (Phi) is 7.24. The number of benzene rings is 1. The van der Waals surface area contributed by atoms with Crippen LogP contribution in [-0.4, -0.2) is 41.8 Å². The number of nitrogens with one attached hydrogen (secondary N) is 1. The Hall–Kier alpha value is -2.69. The lowest BCUT2D eigenvalue weighted by molar-refractivity contribution is -0.144. The van der Waals surface area contributed by atoms with E-state index in [9.17, 15) is 9.59 Å². The van der Waals surface area contributed by atoms with Gasteiger partial charge in [0.15, 0.2) is 0 Å². The fourth-order valence-electron chi connectivity index (χ4n) is 4.73. The summed E-state index contributed by atoms with van der Waals surface area (Å²) in [6, 6.07) is 12.2. The molecule has 1 aromatic carbocycles. The minimum absolute atomic E-state index is 0.0190. The van der Waals surface area contributed by atoms with Crippen LogP contribution in [0.25, 0.3) is 11.1 Å². The normalized spacial score (nSPS) is 19.0. The van der Waals surface area contributed by atoms with Crippen LogP contribution in [0.3, 0.4) is 0 Å². The molecule has 2 aromatic rings. The van der Waals surface area contributed by atoms with Crippen LogP contribution in [0.2, 0.25) is 0 Å². The van der Waals surface area contributed by atoms with E-state index in [-0.39, 0.29) is 17.7 Å². The van der Waals surface area contributed by atoms with E-state index in [1.165, 1.54) is 0 Å². The summed E-state index contributed by atoms with van der Waals surface area (Å²) in [5.41, 5.74) is 2.64. The van der Waals surface area contributed by atoms with E-state index in [0.29, 0.717) is 13.0 Å². The number of pyridine rings is 1. The van der Waals surface area contributed by atoms with Gasteiger partial charge in [-0.3, -0.25) is 14.6 Å². The molecule has 0 bridgehead atoms. The second-order valence-electron chi connectivity index (χ2n) is 8.31. The van der Waals surface area contributed by atoms with Gasteiger partial charge in [-0.1, -0.05) is 44.2 Å². The summed E-state index contributed by atoms with van der Waals surface area (Å²) in [4.78, 5) is 32.4. The fraction of sp³-hybridized carbons (Fsp3) is 0.480. The molecular formula is C25H33N3O2. The molecule has 2 amide bonds. The largest absolute Gasteiger partial charge is 0.359 e. The van der Waals surface area contributed by atoms with Crippen LogP contribution >= 0.6 is 0 Å². The number of piperidine rings is 1. The second-order valence-corrected chi connectivity index (χ2v) is 8.31. The smallest absolute Gasteiger partial charge is 0.228 e. The van der Waals surface area contributed by atoms with E-state index in [1.54, 1.807) is 13.2 Å². The molecule has 0 spiro atoms. The molecule has 2 heterocycles. The number of hydrogen-bond donors (Lipinski definition) is 1. The van der Waals surface area contributed by atoms with Crippen LogP contribution in [-0.2, 0) is 16.0 Å². The molecule has 160 valence electrons. The summed E-state index contributed by atoms with van der Waals surface area (Å²) in [5.74, 6) is 0.243. The molecule has 1 N–H and O–H groups in total. The lowest BCUT2D eigenvalue weighted by Gasteiger charge is -2.43. The Morgan fingerprint density at radius 2 is 1.93 bits per heavy atom. The molecular weight excluding hydrogens is 374 g/mol. The van der Waals surface area contributed by atoms with Crippen LogP contribution in [0.1, 0.15) is 45.1 Å². The fourth-order valence-corrected chi connectivity index (χ4v) is 4.73. The average Bonchev–Trinajstić information content (AvgIpc) is 2.80. The summed E-state index contributed by atoms with van der Waals surface area (Å²) in [5, 5.41) is 2.88. The zero-order valence-electron chi connectivity index (χ0n) is 18.4. The Morgan fingerprint density at radius 1 is 1.17 bits per heavy atom. The van der Waals surface area contributed by atoms with Crippen molar-refractivity contribution in [2.24, 2.45) is 11.3 Å². The quantitative estimate of drug-likeness (QED) is 0.752. The van der Waals surface area contributed by atoms with E-state index in [1.807, 2.05) is 35.4 Å². The number of aromatic nitrogens is 1. The summed E-state index contributed by atoms with van der Waals surface area (Å²) < 4.78 is 0. The molecule has 0 aliphatic carbocycles. The van der Waals surface area contributed by atoms with Crippen molar-refractivity contribution in [3.05, 3.63) is 54.4 Å².